The van der Waals surface area contributed by atoms with Gasteiger partial charge in [0.25, 0.3) is 0 Å². The van der Waals surface area contributed by atoms with Crippen LogP contribution in [0.1, 0.15) is 35.5 Å². The van der Waals surface area contributed by atoms with Crippen molar-refractivity contribution in [2.24, 2.45) is 0 Å². The van der Waals surface area contributed by atoms with Crippen LogP contribution >= 0.6 is 12.2 Å². The van der Waals surface area contributed by atoms with Crippen LogP contribution in [-0.4, -0.2) is 39.1 Å². The van der Waals surface area contributed by atoms with E-state index < -0.39 is 0 Å². The molecule has 1 aliphatic rings. The number of amides is 1. The number of nitrogens with zero attached hydrogens (tertiary/aromatic N) is 3. The van der Waals surface area contributed by atoms with E-state index in [2.05, 4.69) is 31.2 Å². The van der Waals surface area contributed by atoms with Gasteiger partial charge in [-0.3, -0.25) is 9.78 Å². The highest BCUT2D eigenvalue weighted by Crippen LogP contribution is 2.40. The van der Waals surface area contributed by atoms with Crippen molar-refractivity contribution in [3.05, 3.63) is 108 Å². The largest absolute Gasteiger partial charge is 0.495 e. The second kappa shape index (κ2) is 10.8. The number of pyridine rings is 1. The number of benzene rings is 2. The van der Waals surface area contributed by atoms with Crippen molar-refractivity contribution >= 4 is 28.9 Å². The summed E-state index contributed by atoms with van der Waals surface area (Å²) in [6.45, 7) is 2.46. The first-order valence-electron chi connectivity index (χ1n) is 12.2. The van der Waals surface area contributed by atoms with Crippen LogP contribution in [0.4, 0.5) is 5.69 Å². The second-order valence-electron chi connectivity index (χ2n) is 8.96. The number of hydrogen-bond acceptors (Lipinski definition) is 4. The van der Waals surface area contributed by atoms with E-state index in [-0.39, 0.29) is 24.4 Å². The molecule has 2 unspecified atom stereocenters. The van der Waals surface area contributed by atoms with E-state index in [1.165, 1.54) is 0 Å². The lowest BCUT2D eigenvalue weighted by Gasteiger charge is -2.29. The molecule has 0 bridgehead atoms. The van der Waals surface area contributed by atoms with Crippen LogP contribution in [0.3, 0.4) is 0 Å². The lowest BCUT2D eigenvalue weighted by molar-refractivity contribution is -0.116. The average Bonchev–Trinajstić information content (AvgIpc) is 3.52. The molecule has 2 N–H and O–H groups in total. The monoisotopic (exact) mass is 511 g/mol. The summed E-state index contributed by atoms with van der Waals surface area (Å²) in [6.07, 6.45) is 4.09. The maximum atomic E-state index is 12.9. The minimum Gasteiger partial charge on any atom is -0.495 e. The smallest absolute Gasteiger partial charge is 0.226 e. The lowest BCUT2D eigenvalue weighted by Crippen LogP contribution is -2.33. The van der Waals surface area contributed by atoms with E-state index in [1.54, 1.807) is 13.3 Å². The Bertz CT molecular complexity index is 1400. The maximum Gasteiger partial charge on any atom is 0.226 e. The number of aromatic nitrogens is 2. The molecule has 2 atom stereocenters. The van der Waals surface area contributed by atoms with Crippen LogP contribution in [-0.2, 0) is 4.79 Å². The molecule has 7 nitrogen and oxygen atoms in total. The second-order valence-corrected chi connectivity index (χ2v) is 9.35. The summed E-state index contributed by atoms with van der Waals surface area (Å²) in [4.78, 5) is 19.6. The van der Waals surface area contributed by atoms with Crippen molar-refractivity contribution < 1.29 is 9.53 Å². The number of methoxy groups -OCH3 is 1. The van der Waals surface area contributed by atoms with Crippen LogP contribution < -0.4 is 15.4 Å². The summed E-state index contributed by atoms with van der Waals surface area (Å²) in [7, 11) is 1.67. The minimum absolute atomic E-state index is 0.0615. The molecule has 0 spiro atoms. The fraction of sp³-hybridized carbons (Fsp3) is 0.207. The van der Waals surface area contributed by atoms with Gasteiger partial charge in [0.15, 0.2) is 5.11 Å². The van der Waals surface area contributed by atoms with Gasteiger partial charge in [-0.05, 0) is 73.2 Å². The van der Waals surface area contributed by atoms with Gasteiger partial charge in [0.2, 0.25) is 5.91 Å². The Labute approximate surface area is 222 Å². The van der Waals surface area contributed by atoms with Crippen molar-refractivity contribution in [2.45, 2.75) is 25.4 Å². The van der Waals surface area contributed by atoms with E-state index in [0.717, 1.165) is 34.1 Å². The number of aryl methyl sites for hydroxylation is 1. The normalized spacial score (nSPS) is 16.9. The minimum atomic E-state index is -0.186. The highest BCUT2D eigenvalue weighted by Gasteiger charge is 2.41. The third-order valence-corrected chi connectivity index (χ3v) is 6.86. The third-order valence-electron chi connectivity index (χ3n) is 6.51. The molecule has 2 aromatic carbocycles. The Morgan fingerprint density at radius 1 is 1.08 bits per heavy atom. The molecule has 3 heterocycles. The summed E-state index contributed by atoms with van der Waals surface area (Å²) >= 11 is 5.80. The molecule has 0 saturated carbocycles. The Balaban J connectivity index is 1.46. The molecular formula is C29H29N5O2S. The number of hydrogen-bond donors (Lipinski definition) is 2. The molecule has 37 heavy (non-hydrogen) atoms. The molecule has 2 aromatic heterocycles. The lowest BCUT2D eigenvalue weighted by atomic mass is 10.0. The number of anilines is 1. The molecule has 1 aliphatic heterocycles. The molecule has 8 heteroatoms. The van der Waals surface area contributed by atoms with Crippen LogP contribution in [0.25, 0.3) is 5.69 Å². The molecular weight excluding hydrogens is 482 g/mol. The van der Waals surface area contributed by atoms with E-state index in [0.29, 0.717) is 11.7 Å². The standard InChI is InChI=1S/C29H29N5O2S/c1-20-9-7-10-21(19-20)31-26(35)15-18-34-28(27(32-29(34)37)22-11-5-6-16-30-22)24-13-8-17-33(24)23-12-3-4-14-25(23)36-2/h3-14,16-17,19,27-28H,15,18H2,1-2H3,(H,31,35)(H,32,37). The Hall–Kier alpha value is -4.17. The van der Waals surface area contributed by atoms with Gasteiger partial charge in [0.1, 0.15) is 5.75 Å². The van der Waals surface area contributed by atoms with Gasteiger partial charge in [-0.2, -0.15) is 0 Å². The molecule has 5 rings (SSSR count). The highest BCUT2D eigenvalue weighted by atomic mass is 32.1. The van der Waals surface area contributed by atoms with Crippen molar-refractivity contribution in [2.75, 3.05) is 19.0 Å². The van der Waals surface area contributed by atoms with E-state index >= 15 is 0 Å². The van der Waals surface area contributed by atoms with Crippen LogP contribution in [0, 0.1) is 6.92 Å². The van der Waals surface area contributed by atoms with E-state index in [4.69, 9.17) is 17.0 Å². The topological polar surface area (TPSA) is 71.4 Å². The predicted molar refractivity (Wildman–Crippen MR) is 149 cm³/mol. The summed E-state index contributed by atoms with van der Waals surface area (Å²) in [5.41, 5.74) is 4.72. The van der Waals surface area contributed by atoms with Crippen LogP contribution in [0.15, 0.2) is 91.3 Å². The first kappa shape index (κ1) is 24.5. The number of ether oxygens (including phenoxy) is 1. The van der Waals surface area contributed by atoms with Gasteiger partial charge >= 0.3 is 0 Å². The van der Waals surface area contributed by atoms with Gasteiger partial charge < -0.3 is 24.8 Å². The van der Waals surface area contributed by atoms with Crippen molar-refractivity contribution in [3.8, 4) is 11.4 Å². The van der Waals surface area contributed by atoms with Gasteiger partial charge in [0.05, 0.1) is 30.6 Å². The maximum absolute atomic E-state index is 12.9. The van der Waals surface area contributed by atoms with E-state index in [1.807, 2.05) is 85.9 Å². The van der Waals surface area contributed by atoms with Crippen molar-refractivity contribution in [1.29, 1.82) is 0 Å². The first-order chi connectivity index (χ1) is 18.0. The third kappa shape index (κ3) is 5.20. The highest BCUT2D eigenvalue weighted by molar-refractivity contribution is 7.80. The number of rotatable bonds is 8. The summed E-state index contributed by atoms with van der Waals surface area (Å²) in [5, 5.41) is 7.06. The Morgan fingerprint density at radius 2 is 1.92 bits per heavy atom. The zero-order valence-corrected chi connectivity index (χ0v) is 21.6. The van der Waals surface area contributed by atoms with E-state index in [9.17, 15) is 4.79 Å². The summed E-state index contributed by atoms with van der Waals surface area (Å²) in [5.74, 6) is 0.709. The van der Waals surface area contributed by atoms with Gasteiger partial charge in [-0.1, -0.05) is 30.3 Å². The number of thiocarbonyl (C=S) groups is 1. The average molecular weight is 512 g/mol. The van der Waals surface area contributed by atoms with Gasteiger partial charge in [-0.15, -0.1) is 0 Å². The number of carbonyl (C=O) groups is 1. The molecule has 1 fully saturated rings. The molecule has 4 aromatic rings. The fourth-order valence-electron chi connectivity index (χ4n) is 4.82. The molecule has 0 radical (unpaired) electrons. The van der Waals surface area contributed by atoms with Crippen molar-refractivity contribution in [3.63, 3.8) is 0 Å². The Kier molecular flexibility index (Phi) is 7.18. The quantitative estimate of drug-likeness (QED) is 0.317. The number of carbonyl (C=O) groups excluding carboxylic acids is 1. The van der Waals surface area contributed by atoms with Gasteiger partial charge in [0, 0.05) is 36.7 Å². The number of nitrogens with one attached hydrogen (secondary N) is 2. The fourth-order valence-corrected chi connectivity index (χ4v) is 5.15. The van der Waals surface area contributed by atoms with Crippen LogP contribution in [0.2, 0.25) is 0 Å². The Morgan fingerprint density at radius 3 is 2.70 bits per heavy atom. The molecule has 1 amide bonds. The zero-order chi connectivity index (χ0) is 25.8. The molecule has 1 saturated heterocycles. The molecule has 188 valence electrons. The first-order valence-corrected chi connectivity index (χ1v) is 12.6. The predicted octanol–water partition coefficient (Wildman–Crippen LogP) is 5.19. The molecule has 0 aliphatic carbocycles. The summed E-state index contributed by atoms with van der Waals surface area (Å²) < 4.78 is 7.77. The summed E-state index contributed by atoms with van der Waals surface area (Å²) in [6, 6.07) is 25.3. The van der Waals surface area contributed by atoms with Gasteiger partial charge in [-0.25, -0.2) is 0 Å². The zero-order valence-electron chi connectivity index (χ0n) is 20.8. The SMILES string of the molecule is COc1ccccc1-n1cccc1C1C(c2ccccn2)NC(=S)N1CCC(=O)Nc1cccc(C)c1. The van der Waals surface area contributed by atoms with Crippen LogP contribution in [0.5, 0.6) is 5.75 Å². The number of para-hydroxylation sites is 2. The van der Waals surface area contributed by atoms with Crippen molar-refractivity contribution in [1.82, 2.24) is 19.8 Å².